The summed E-state index contributed by atoms with van der Waals surface area (Å²) in [6, 6.07) is 8.10. The molecule has 21 heavy (non-hydrogen) atoms. The van der Waals surface area contributed by atoms with Crippen LogP contribution in [0, 0.1) is 0 Å². The maximum Gasteiger partial charge on any atom is 0.323 e. The maximum atomic E-state index is 12.1. The number of benzene rings is 1. The number of nitrogens with one attached hydrogen (secondary N) is 1. The fourth-order valence-electron chi connectivity index (χ4n) is 2.78. The van der Waals surface area contributed by atoms with Crippen molar-refractivity contribution in [2.45, 2.75) is 64.5 Å². The first kappa shape index (κ1) is 16.0. The molecule has 0 aromatic heterocycles. The van der Waals surface area contributed by atoms with Crippen molar-refractivity contribution >= 4 is 5.97 Å². The molecule has 0 fully saturated rings. The molecule has 0 bridgehead atoms. The smallest absolute Gasteiger partial charge is 0.323 e. The molecule has 1 aliphatic rings. The number of carbonyl (C=O) groups excluding carboxylic acids is 1. The molecule has 2 rings (SSSR count). The number of ether oxygens (including phenoxy) is 1. The lowest BCUT2D eigenvalue weighted by atomic mass is 9.96. The first-order chi connectivity index (χ1) is 10.3. The summed E-state index contributed by atoms with van der Waals surface area (Å²) in [4.78, 5) is 12.1. The van der Waals surface area contributed by atoms with Crippen molar-refractivity contribution in [2.24, 2.45) is 0 Å². The second-order valence-electron chi connectivity index (χ2n) is 5.84. The summed E-state index contributed by atoms with van der Waals surface area (Å²) in [5.41, 5.74) is 2.55. The van der Waals surface area contributed by atoms with Crippen molar-refractivity contribution in [1.82, 2.24) is 5.32 Å². The highest BCUT2D eigenvalue weighted by Gasteiger charge is 2.24. The van der Waals surface area contributed by atoms with Gasteiger partial charge in [0.25, 0.3) is 0 Å². The highest BCUT2D eigenvalue weighted by atomic mass is 16.5. The number of fused-ring (bicyclic) bond motifs is 1. The van der Waals surface area contributed by atoms with Crippen LogP contribution in [0.3, 0.4) is 0 Å². The molecule has 1 unspecified atom stereocenters. The van der Waals surface area contributed by atoms with Crippen molar-refractivity contribution in [3.63, 3.8) is 0 Å². The minimum absolute atomic E-state index is 0.0990. The Morgan fingerprint density at radius 1 is 1.14 bits per heavy atom. The Bertz CT molecular complexity index is 445. The number of carbonyl (C=O) groups is 1. The van der Waals surface area contributed by atoms with E-state index in [9.17, 15) is 4.79 Å². The Morgan fingerprint density at radius 3 is 2.67 bits per heavy atom. The molecule has 1 heterocycles. The monoisotopic (exact) mass is 289 g/mol. The van der Waals surface area contributed by atoms with Gasteiger partial charge in [-0.05, 0) is 24.0 Å². The fraction of sp³-hybridized carbons (Fsp3) is 0.611. The van der Waals surface area contributed by atoms with Gasteiger partial charge in [0.1, 0.15) is 6.04 Å². The predicted octanol–water partition coefficient (Wildman–Crippen LogP) is 3.60. The summed E-state index contributed by atoms with van der Waals surface area (Å²) in [5, 5.41) is 3.27. The summed E-state index contributed by atoms with van der Waals surface area (Å²) >= 11 is 0. The van der Waals surface area contributed by atoms with Crippen molar-refractivity contribution in [3.05, 3.63) is 35.4 Å². The van der Waals surface area contributed by atoms with E-state index < -0.39 is 0 Å². The second-order valence-corrected chi connectivity index (χ2v) is 5.84. The van der Waals surface area contributed by atoms with Crippen LogP contribution >= 0.6 is 0 Å². The van der Waals surface area contributed by atoms with Gasteiger partial charge in [-0.25, -0.2) is 0 Å². The molecule has 1 aliphatic heterocycles. The SMILES string of the molecule is CCCCCCCCOC(=O)C1Cc2ccccc2CN1. The third-order valence-corrected chi connectivity index (χ3v) is 4.11. The third kappa shape index (κ3) is 5.16. The van der Waals surface area contributed by atoms with Gasteiger partial charge >= 0.3 is 5.97 Å². The van der Waals surface area contributed by atoms with E-state index in [1.54, 1.807) is 0 Å². The highest BCUT2D eigenvalue weighted by Crippen LogP contribution is 2.17. The molecular weight excluding hydrogens is 262 g/mol. The molecule has 0 saturated heterocycles. The summed E-state index contributed by atoms with van der Waals surface area (Å²) in [5.74, 6) is -0.0990. The summed E-state index contributed by atoms with van der Waals surface area (Å²) in [7, 11) is 0. The molecular formula is C18H27NO2. The standard InChI is InChI=1S/C18H27NO2/c1-2-3-4-5-6-9-12-21-18(20)17-13-15-10-7-8-11-16(15)14-19-17/h7-8,10-11,17,19H,2-6,9,12-14H2,1H3. The van der Waals surface area contributed by atoms with Crippen molar-refractivity contribution < 1.29 is 9.53 Å². The van der Waals surface area contributed by atoms with Crippen molar-refractivity contribution in [1.29, 1.82) is 0 Å². The van der Waals surface area contributed by atoms with Crippen LogP contribution in [0.4, 0.5) is 0 Å². The number of hydrogen-bond donors (Lipinski definition) is 1. The van der Waals surface area contributed by atoms with Crippen LogP contribution in [0.2, 0.25) is 0 Å². The lowest BCUT2D eigenvalue weighted by molar-refractivity contribution is -0.146. The zero-order chi connectivity index (χ0) is 14.9. The van der Waals surface area contributed by atoms with Crippen LogP contribution < -0.4 is 5.32 Å². The Labute approximate surface area is 128 Å². The van der Waals surface area contributed by atoms with E-state index in [0.29, 0.717) is 6.61 Å². The Kier molecular flexibility index (Phi) is 6.74. The van der Waals surface area contributed by atoms with E-state index in [4.69, 9.17) is 4.74 Å². The molecule has 0 radical (unpaired) electrons. The second kappa shape index (κ2) is 8.83. The zero-order valence-corrected chi connectivity index (χ0v) is 13.1. The quantitative estimate of drug-likeness (QED) is 0.587. The van der Waals surface area contributed by atoms with Crippen LogP contribution in [0.5, 0.6) is 0 Å². The number of rotatable bonds is 8. The Morgan fingerprint density at radius 2 is 1.86 bits per heavy atom. The molecule has 1 aromatic carbocycles. The van der Waals surface area contributed by atoms with Crippen LogP contribution in [0.25, 0.3) is 0 Å². The highest BCUT2D eigenvalue weighted by molar-refractivity contribution is 5.76. The first-order valence-corrected chi connectivity index (χ1v) is 8.28. The predicted molar refractivity (Wildman–Crippen MR) is 85.1 cm³/mol. The van der Waals surface area contributed by atoms with Crippen LogP contribution in [0.1, 0.15) is 56.6 Å². The van der Waals surface area contributed by atoms with E-state index in [0.717, 1.165) is 25.8 Å². The molecule has 0 saturated carbocycles. The molecule has 116 valence electrons. The third-order valence-electron chi connectivity index (χ3n) is 4.11. The van der Waals surface area contributed by atoms with Crippen LogP contribution in [-0.2, 0) is 22.5 Å². The number of hydrogen-bond acceptors (Lipinski definition) is 3. The molecule has 0 aliphatic carbocycles. The topological polar surface area (TPSA) is 38.3 Å². The number of unbranched alkanes of at least 4 members (excludes halogenated alkanes) is 5. The lowest BCUT2D eigenvalue weighted by Gasteiger charge is -2.24. The molecule has 0 spiro atoms. The molecule has 1 N–H and O–H groups in total. The Balaban J connectivity index is 1.64. The van der Waals surface area contributed by atoms with Gasteiger partial charge in [-0.15, -0.1) is 0 Å². The van der Waals surface area contributed by atoms with Crippen molar-refractivity contribution in [3.8, 4) is 0 Å². The fourth-order valence-corrected chi connectivity index (χ4v) is 2.78. The van der Waals surface area contributed by atoms with Gasteiger partial charge in [0, 0.05) is 6.54 Å². The van der Waals surface area contributed by atoms with E-state index in [1.807, 2.05) is 12.1 Å². The summed E-state index contributed by atoms with van der Waals surface area (Å²) in [6.07, 6.45) is 8.01. The van der Waals surface area contributed by atoms with Crippen LogP contribution in [0.15, 0.2) is 24.3 Å². The minimum atomic E-state index is -0.181. The van der Waals surface area contributed by atoms with E-state index >= 15 is 0 Å². The van der Waals surface area contributed by atoms with E-state index in [-0.39, 0.29) is 12.0 Å². The lowest BCUT2D eigenvalue weighted by Crippen LogP contribution is -2.42. The average Bonchev–Trinajstić information content (AvgIpc) is 2.53. The normalized spacial score (nSPS) is 17.3. The van der Waals surface area contributed by atoms with Gasteiger partial charge in [-0.2, -0.15) is 0 Å². The van der Waals surface area contributed by atoms with Gasteiger partial charge in [-0.1, -0.05) is 63.3 Å². The van der Waals surface area contributed by atoms with E-state index in [1.165, 1.54) is 36.8 Å². The average molecular weight is 289 g/mol. The zero-order valence-electron chi connectivity index (χ0n) is 13.1. The summed E-state index contributed by atoms with van der Waals surface area (Å²) in [6.45, 7) is 3.54. The minimum Gasteiger partial charge on any atom is -0.465 e. The Hall–Kier alpha value is -1.35. The molecule has 0 amide bonds. The maximum absolute atomic E-state index is 12.1. The largest absolute Gasteiger partial charge is 0.465 e. The summed E-state index contributed by atoms with van der Waals surface area (Å²) < 4.78 is 5.40. The van der Waals surface area contributed by atoms with Gasteiger partial charge in [-0.3, -0.25) is 4.79 Å². The molecule has 1 aromatic rings. The molecule has 3 heteroatoms. The van der Waals surface area contributed by atoms with Crippen molar-refractivity contribution in [2.75, 3.05) is 6.61 Å². The molecule has 3 nitrogen and oxygen atoms in total. The van der Waals surface area contributed by atoms with Crippen LogP contribution in [-0.4, -0.2) is 18.6 Å². The van der Waals surface area contributed by atoms with Gasteiger partial charge < -0.3 is 10.1 Å². The van der Waals surface area contributed by atoms with Gasteiger partial charge in [0.15, 0.2) is 0 Å². The van der Waals surface area contributed by atoms with Gasteiger partial charge in [0.2, 0.25) is 0 Å². The molecule has 1 atom stereocenters. The number of esters is 1. The first-order valence-electron chi connectivity index (χ1n) is 8.28. The van der Waals surface area contributed by atoms with Gasteiger partial charge in [0.05, 0.1) is 6.61 Å². The van der Waals surface area contributed by atoms with E-state index in [2.05, 4.69) is 24.4 Å².